The van der Waals surface area contributed by atoms with Crippen molar-refractivity contribution < 1.29 is 42.5 Å². The zero-order valence-corrected chi connectivity index (χ0v) is 7.40. The van der Waals surface area contributed by atoms with Crippen LogP contribution in [0.3, 0.4) is 0 Å². The number of rotatable bonds is 2. The minimum absolute atomic E-state index is 0. The summed E-state index contributed by atoms with van der Waals surface area (Å²) in [5.41, 5.74) is 6.32. The van der Waals surface area contributed by atoms with Crippen molar-refractivity contribution >= 4 is 10.1 Å². The molecule has 0 aromatic carbocycles. The maximum absolute atomic E-state index is 9.67. The van der Waals surface area contributed by atoms with Crippen molar-refractivity contribution in [2.45, 2.75) is 0 Å². The van der Waals surface area contributed by atoms with E-state index in [9.17, 15) is 8.42 Å². The molecule has 0 saturated carbocycles. The maximum atomic E-state index is 9.67. The standard InChI is InChI=1S/C2H6NO3S.Na/c3-1-2-7(4,5)6;/h3H,1-2H2,(H,4,5,6);/q-1;+1. The molecule has 6 heteroatoms. The van der Waals surface area contributed by atoms with E-state index in [-0.39, 0.29) is 36.1 Å². The van der Waals surface area contributed by atoms with E-state index in [1.807, 2.05) is 0 Å². The molecule has 2 N–H and O–H groups in total. The van der Waals surface area contributed by atoms with Gasteiger partial charge < -0.3 is 5.73 Å². The van der Waals surface area contributed by atoms with E-state index in [0.29, 0.717) is 0 Å². The summed E-state index contributed by atoms with van der Waals surface area (Å²) in [4.78, 5) is 0. The SMILES string of the molecule is [NH-]CCS(=O)(=O)O.[Na+]. The van der Waals surface area contributed by atoms with E-state index >= 15 is 0 Å². The molecule has 44 valence electrons. The molecule has 0 aliphatic carbocycles. The second kappa shape index (κ2) is 4.72. The van der Waals surface area contributed by atoms with E-state index in [4.69, 9.17) is 10.3 Å². The Kier molecular flexibility index (Phi) is 6.87. The van der Waals surface area contributed by atoms with Crippen LogP contribution in [0.5, 0.6) is 0 Å². The van der Waals surface area contributed by atoms with Gasteiger partial charge in [-0.25, -0.2) is 0 Å². The van der Waals surface area contributed by atoms with Gasteiger partial charge in [-0.15, -0.1) is 6.54 Å². The fraction of sp³-hybridized carbons (Fsp3) is 1.00. The molecular formula is C2H6NNaO3S. The summed E-state index contributed by atoms with van der Waals surface area (Å²) in [6.07, 6.45) is 0. The van der Waals surface area contributed by atoms with Gasteiger partial charge in [0.1, 0.15) is 0 Å². The Morgan fingerprint density at radius 1 is 1.50 bits per heavy atom. The molecule has 0 bridgehead atoms. The summed E-state index contributed by atoms with van der Waals surface area (Å²) in [7, 11) is -3.86. The fourth-order valence-electron chi connectivity index (χ4n) is 0.129. The van der Waals surface area contributed by atoms with E-state index in [0.717, 1.165) is 0 Å². The van der Waals surface area contributed by atoms with Gasteiger partial charge in [0.15, 0.2) is 0 Å². The molecule has 0 saturated heterocycles. The number of nitrogens with one attached hydrogen (secondary N) is 1. The Labute approximate surface area is 70.5 Å². The van der Waals surface area contributed by atoms with Gasteiger partial charge in [0.25, 0.3) is 10.1 Å². The normalized spacial score (nSPS) is 10.2. The molecule has 0 spiro atoms. The van der Waals surface area contributed by atoms with Crippen LogP contribution in [0.1, 0.15) is 0 Å². The molecule has 0 rings (SSSR count). The van der Waals surface area contributed by atoms with Crippen LogP contribution in [-0.2, 0) is 10.1 Å². The number of hydrogen-bond acceptors (Lipinski definition) is 2. The second-order valence-corrected chi connectivity index (χ2v) is 2.61. The van der Waals surface area contributed by atoms with Crippen LogP contribution in [0.2, 0.25) is 0 Å². The molecule has 0 fully saturated rings. The minimum atomic E-state index is -3.86. The molecule has 0 aliphatic rings. The fourth-order valence-corrected chi connectivity index (χ4v) is 0.387. The summed E-state index contributed by atoms with van der Waals surface area (Å²) in [6.45, 7) is -0.279. The predicted octanol–water partition coefficient (Wildman–Crippen LogP) is -3.07. The Balaban J connectivity index is 0. The molecule has 0 aromatic heterocycles. The van der Waals surface area contributed by atoms with E-state index in [1.54, 1.807) is 0 Å². The van der Waals surface area contributed by atoms with Crippen molar-refractivity contribution in [2.24, 2.45) is 0 Å². The Bertz CT molecular complexity index is 130. The van der Waals surface area contributed by atoms with E-state index in [1.165, 1.54) is 0 Å². The molecule has 0 heterocycles. The van der Waals surface area contributed by atoms with E-state index in [2.05, 4.69) is 0 Å². The average molecular weight is 147 g/mol. The van der Waals surface area contributed by atoms with E-state index < -0.39 is 15.9 Å². The van der Waals surface area contributed by atoms with Crippen LogP contribution in [0.4, 0.5) is 0 Å². The first-order chi connectivity index (χ1) is 3.06. The first-order valence-corrected chi connectivity index (χ1v) is 3.27. The molecule has 4 nitrogen and oxygen atoms in total. The van der Waals surface area contributed by atoms with Gasteiger partial charge in [0, 0.05) is 0 Å². The largest absolute Gasteiger partial charge is 1.00 e. The van der Waals surface area contributed by atoms with Crippen molar-refractivity contribution in [3.05, 3.63) is 5.73 Å². The summed E-state index contributed by atoms with van der Waals surface area (Å²) >= 11 is 0. The summed E-state index contributed by atoms with van der Waals surface area (Å²) in [5.74, 6) is -0.465. The van der Waals surface area contributed by atoms with Crippen LogP contribution in [0, 0.1) is 0 Å². The molecule has 0 amide bonds. The first-order valence-electron chi connectivity index (χ1n) is 1.66. The van der Waals surface area contributed by atoms with Crippen LogP contribution in [0.25, 0.3) is 5.73 Å². The van der Waals surface area contributed by atoms with Gasteiger partial charge >= 0.3 is 29.6 Å². The van der Waals surface area contributed by atoms with Gasteiger partial charge in [0.05, 0.1) is 5.75 Å². The Hall–Kier alpha value is 0.870. The van der Waals surface area contributed by atoms with Crippen LogP contribution in [0.15, 0.2) is 0 Å². The maximum Gasteiger partial charge on any atom is 1.00 e. The number of hydrogen-bond donors (Lipinski definition) is 1. The topological polar surface area (TPSA) is 78.2 Å². The Morgan fingerprint density at radius 2 is 1.88 bits per heavy atom. The molecule has 0 atom stereocenters. The van der Waals surface area contributed by atoms with Gasteiger partial charge in [0.2, 0.25) is 0 Å². The van der Waals surface area contributed by atoms with Crippen molar-refractivity contribution in [2.75, 3.05) is 12.3 Å². The first kappa shape index (κ1) is 11.6. The quantitative estimate of drug-likeness (QED) is 0.332. The zero-order chi connectivity index (χ0) is 5.91. The smallest absolute Gasteiger partial charge is 0.677 e. The predicted molar refractivity (Wildman–Crippen MR) is 25.6 cm³/mol. The third kappa shape index (κ3) is 9.98. The van der Waals surface area contributed by atoms with Crippen molar-refractivity contribution in [1.29, 1.82) is 0 Å². The average Bonchev–Trinajstić information content (AvgIpc) is 1.30. The van der Waals surface area contributed by atoms with Crippen molar-refractivity contribution in [1.82, 2.24) is 0 Å². The van der Waals surface area contributed by atoms with Gasteiger partial charge in [-0.05, 0) is 0 Å². The zero-order valence-electron chi connectivity index (χ0n) is 4.59. The van der Waals surface area contributed by atoms with Crippen molar-refractivity contribution in [3.63, 3.8) is 0 Å². The van der Waals surface area contributed by atoms with Crippen LogP contribution >= 0.6 is 0 Å². The summed E-state index contributed by atoms with van der Waals surface area (Å²) < 4.78 is 27.2. The molecule has 0 aliphatic heterocycles. The summed E-state index contributed by atoms with van der Waals surface area (Å²) in [6, 6.07) is 0. The molecule has 0 aromatic rings. The third-order valence-electron chi connectivity index (χ3n) is 0.360. The Morgan fingerprint density at radius 3 is 1.88 bits per heavy atom. The monoisotopic (exact) mass is 147 g/mol. The summed E-state index contributed by atoms with van der Waals surface area (Å²) in [5, 5.41) is 0. The van der Waals surface area contributed by atoms with Crippen LogP contribution in [-0.4, -0.2) is 25.3 Å². The van der Waals surface area contributed by atoms with Crippen LogP contribution < -0.4 is 29.6 Å². The van der Waals surface area contributed by atoms with Gasteiger partial charge in [-0.2, -0.15) is 8.42 Å². The minimum Gasteiger partial charge on any atom is -0.677 e. The molecule has 0 unspecified atom stereocenters. The van der Waals surface area contributed by atoms with Gasteiger partial charge in [-0.1, -0.05) is 0 Å². The molecular weight excluding hydrogens is 141 g/mol. The molecule has 8 heavy (non-hydrogen) atoms. The second-order valence-electron chi connectivity index (χ2n) is 1.04. The van der Waals surface area contributed by atoms with Gasteiger partial charge in [-0.3, -0.25) is 4.55 Å². The third-order valence-corrected chi connectivity index (χ3v) is 1.08. The van der Waals surface area contributed by atoms with Crippen molar-refractivity contribution in [3.8, 4) is 0 Å². The molecule has 0 radical (unpaired) electrons.